The summed E-state index contributed by atoms with van der Waals surface area (Å²) in [4.78, 5) is 30.2. The Morgan fingerprint density at radius 1 is 0.862 bits per heavy atom. The Morgan fingerprint density at radius 3 is 2.07 bits per heavy atom. The monoisotopic (exact) mass is 390 g/mol. The first-order chi connectivity index (χ1) is 14.0. The quantitative estimate of drug-likeness (QED) is 0.747. The maximum absolute atomic E-state index is 13.5. The fourth-order valence-electron chi connectivity index (χ4n) is 3.82. The van der Waals surface area contributed by atoms with Crippen LogP contribution < -0.4 is 4.90 Å². The van der Waals surface area contributed by atoms with E-state index in [1.807, 2.05) is 60.4 Å². The molecule has 2 aliphatic rings. The summed E-state index contributed by atoms with van der Waals surface area (Å²) in [6, 6.07) is 15.5. The number of hydrogen-bond donors (Lipinski definition) is 0. The highest BCUT2D eigenvalue weighted by atomic mass is 16.5. The molecule has 5 heteroatoms. The van der Waals surface area contributed by atoms with Gasteiger partial charge in [-0.1, -0.05) is 55.8 Å². The normalized spacial score (nSPS) is 17.7. The van der Waals surface area contributed by atoms with E-state index in [9.17, 15) is 9.59 Å². The summed E-state index contributed by atoms with van der Waals surface area (Å²) in [6.45, 7) is 8.55. The Morgan fingerprint density at radius 2 is 1.48 bits per heavy atom. The predicted octanol–water partition coefficient (Wildman–Crippen LogP) is 3.74. The third kappa shape index (κ3) is 3.58. The Labute approximate surface area is 171 Å². The van der Waals surface area contributed by atoms with Crippen molar-refractivity contribution in [2.45, 2.75) is 26.7 Å². The van der Waals surface area contributed by atoms with Gasteiger partial charge in [-0.25, -0.2) is 4.90 Å². The Balaban J connectivity index is 1.77. The van der Waals surface area contributed by atoms with E-state index >= 15 is 0 Å². The number of morpholine rings is 1. The molecule has 150 valence electrons. The van der Waals surface area contributed by atoms with Gasteiger partial charge >= 0.3 is 0 Å². The van der Waals surface area contributed by atoms with E-state index in [1.54, 1.807) is 0 Å². The van der Waals surface area contributed by atoms with Crippen LogP contribution in [-0.4, -0.2) is 43.0 Å². The molecule has 2 aromatic carbocycles. The van der Waals surface area contributed by atoms with Crippen molar-refractivity contribution in [3.63, 3.8) is 0 Å². The number of nitrogens with zero attached hydrogens (tertiary/aromatic N) is 2. The van der Waals surface area contributed by atoms with Gasteiger partial charge in [0.15, 0.2) is 0 Å². The van der Waals surface area contributed by atoms with Gasteiger partial charge in [-0.2, -0.15) is 0 Å². The van der Waals surface area contributed by atoms with Crippen LogP contribution in [-0.2, 0) is 14.3 Å². The van der Waals surface area contributed by atoms with Gasteiger partial charge in [0, 0.05) is 13.1 Å². The maximum atomic E-state index is 13.5. The highest BCUT2D eigenvalue weighted by Gasteiger charge is 2.42. The molecule has 0 unspecified atom stereocenters. The van der Waals surface area contributed by atoms with Gasteiger partial charge in [0.2, 0.25) is 0 Å². The van der Waals surface area contributed by atoms with Crippen LogP contribution in [0.3, 0.4) is 0 Å². The number of hydrogen-bond acceptors (Lipinski definition) is 4. The van der Waals surface area contributed by atoms with E-state index in [0.717, 1.165) is 11.1 Å². The molecule has 0 atom stereocenters. The summed E-state index contributed by atoms with van der Waals surface area (Å²) in [5.41, 5.74) is 4.63. The number of ether oxygens (including phenoxy) is 1. The Hall–Kier alpha value is -2.92. The van der Waals surface area contributed by atoms with E-state index in [2.05, 4.69) is 13.8 Å². The van der Waals surface area contributed by atoms with Crippen molar-refractivity contribution in [2.75, 3.05) is 31.2 Å². The number of aryl methyl sites for hydroxylation is 1. The molecule has 0 aliphatic carbocycles. The van der Waals surface area contributed by atoms with Gasteiger partial charge in [0.05, 0.1) is 24.5 Å². The summed E-state index contributed by atoms with van der Waals surface area (Å²) in [6.07, 6.45) is 0. The molecule has 0 aromatic heterocycles. The van der Waals surface area contributed by atoms with Gasteiger partial charge in [-0.05, 0) is 36.1 Å². The van der Waals surface area contributed by atoms with Crippen molar-refractivity contribution in [3.05, 3.63) is 70.9 Å². The van der Waals surface area contributed by atoms with E-state index in [4.69, 9.17) is 4.74 Å². The van der Waals surface area contributed by atoms with Crippen molar-refractivity contribution < 1.29 is 14.3 Å². The first-order valence-corrected chi connectivity index (χ1v) is 10.1. The fraction of sp³-hybridized carbons (Fsp3) is 0.333. The van der Waals surface area contributed by atoms with E-state index in [1.165, 1.54) is 10.5 Å². The van der Waals surface area contributed by atoms with Crippen molar-refractivity contribution in [1.29, 1.82) is 0 Å². The molecule has 1 fully saturated rings. The van der Waals surface area contributed by atoms with Crippen LogP contribution >= 0.6 is 0 Å². The molecule has 0 bridgehead atoms. The van der Waals surface area contributed by atoms with Gasteiger partial charge in [0.25, 0.3) is 11.8 Å². The molecule has 29 heavy (non-hydrogen) atoms. The number of amides is 2. The van der Waals surface area contributed by atoms with Crippen LogP contribution in [0.4, 0.5) is 5.69 Å². The molecule has 5 nitrogen and oxygen atoms in total. The molecule has 2 aromatic rings. The van der Waals surface area contributed by atoms with Gasteiger partial charge in [0.1, 0.15) is 5.70 Å². The lowest BCUT2D eigenvalue weighted by Crippen LogP contribution is -2.40. The minimum atomic E-state index is -0.266. The SMILES string of the molecule is Cc1ccc(C2=C(N3CCOCC3)C(=O)N(c3ccc(C(C)C)cc3)C2=O)cc1. The molecular weight excluding hydrogens is 364 g/mol. The average Bonchev–Trinajstić information content (AvgIpc) is 2.99. The third-order valence-corrected chi connectivity index (χ3v) is 5.54. The first-order valence-electron chi connectivity index (χ1n) is 10.1. The van der Waals surface area contributed by atoms with Gasteiger partial charge in [-0.3, -0.25) is 9.59 Å². The zero-order chi connectivity index (χ0) is 20.5. The average molecular weight is 390 g/mol. The number of anilines is 1. The zero-order valence-electron chi connectivity index (χ0n) is 17.1. The highest BCUT2D eigenvalue weighted by Crippen LogP contribution is 2.35. The van der Waals surface area contributed by atoms with Crippen LogP contribution in [0.2, 0.25) is 0 Å². The van der Waals surface area contributed by atoms with Gasteiger partial charge < -0.3 is 9.64 Å². The Bertz CT molecular complexity index is 953. The summed E-state index contributed by atoms with van der Waals surface area (Å²) in [5, 5.41) is 0. The molecule has 2 aliphatic heterocycles. The second-order valence-electron chi connectivity index (χ2n) is 7.88. The Kier molecular flexibility index (Phi) is 5.24. The maximum Gasteiger partial charge on any atom is 0.282 e. The topological polar surface area (TPSA) is 49.9 Å². The highest BCUT2D eigenvalue weighted by molar-refractivity contribution is 6.45. The molecule has 2 amide bonds. The minimum absolute atomic E-state index is 0.259. The molecule has 0 radical (unpaired) electrons. The van der Waals surface area contributed by atoms with E-state index < -0.39 is 0 Å². The molecule has 0 spiro atoms. The summed E-state index contributed by atoms with van der Waals surface area (Å²) in [5.74, 6) is -0.137. The largest absolute Gasteiger partial charge is 0.378 e. The van der Waals surface area contributed by atoms with Crippen LogP contribution in [0.15, 0.2) is 54.2 Å². The number of benzene rings is 2. The molecule has 2 heterocycles. The second kappa shape index (κ2) is 7.84. The lowest BCUT2D eigenvalue weighted by atomic mass is 10.0. The first kappa shape index (κ1) is 19.4. The smallest absolute Gasteiger partial charge is 0.282 e. The second-order valence-corrected chi connectivity index (χ2v) is 7.88. The zero-order valence-corrected chi connectivity index (χ0v) is 17.1. The number of carbonyl (C=O) groups excluding carboxylic acids is 2. The fourth-order valence-corrected chi connectivity index (χ4v) is 3.82. The van der Waals surface area contributed by atoms with Crippen molar-refractivity contribution >= 4 is 23.1 Å². The summed E-state index contributed by atoms with van der Waals surface area (Å²) in [7, 11) is 0. The number of carbonyl (C=O) groups is 2. The predicted molar refractivity (Wildman–Crippen MR) is 114 cm³/mol. The van der Waals surface area contributed by atoms with E-state index in [0.29, 0.717) is 49.2 Å². The number of rotatable bonds is 4. The van der Waals surface area contributed by atoms with Crippen LogP contribution in [0.5, 0.6) is 0 Å². The standard InChI is InChI=1S/C24H26N2O3/c1-16(2)18-8-10-20(11-9-18)26-23(27)21(19-6-4-17(3)5-7-19)22(24(26)28)25-12-14-29-15-13-25/h4-11,16H,12-15H2,1-3H3. The lowest BCUT2D eigenvalue weighted by molar-refractivity contribution is -0.121. The van der Waals surface area contributed by atoms with Crippen LogP contribution in [0.1, 0.15) is 36.5 Å². The third-order valence-electron chi connectivity index (χ3n) is 5.54. The molecule has 4 rings (SSSR count). The minimum Gasteiger partial charge on any atom is -0.378 e. The molecule has 0 saturated carbocycles. The van der Waals surface area contributed by atoms with Crippen LogP contribution in [0.25, 0.3) is 5.57 Å². The summed E-state index contributed by atoms with van der Waals surface area (Å²) >= 11 is 0. The van der Waals surface area contributed by atoms with Crippen molar-refractivity contribution in [3.8, 4) is 0 Å². The van der Waals surface area contributed by atoms with Crippen molar-refractivity contribution in [2.24, 2.45) is 0 Å². The molecule has 0 N–H and O–H groups in total. The van der Waals surface area contributed by atoms with E-state index in [-0.39, 0.29) is 11.8 Å². The molecular formula is C24H26N2O3. The molecule has 1 saturated heterocycles. The summed E-state index contributed by atoms with van der Waals surface area (Å²) < 4.78 is 5.45. The van der Waals surface area contributed by atoms with Crippen LogP contribution in [0, 0.1) is 6.92 Å². The number of imide groups is 1. The lowest BCUT2D eigenvalue weighted by Gasteiger charge is -2.29. The van der Waals surface area contributed by atoms with Gasteiger partial charge in [-0.15, -0.1) is 0 Å². The van der Waals surface area contributed by atoms with Crippen molar-refractivity contribution in [1.82, 2.24) is 4.90 Å².